The Balaban J connectivity index is 3.85. The van der Waals surface area contributed by atoms with Gasteiger partial charge in [0.05, 0.1) is 0 Å². The number of rotatable bonds is 3. The standard InChI is InChI=1S/C6H11ClN2O2/c1-3(7)6(11)9-4(2)5(8)10/h3-4H,1-2H3,(H2,8,10)(H,9,11)/t3?,4-/m0/s1. The third-order valence-corrected chi connectivity index (χ3v) is 1.35. The van der Waals surface area contributed by atoms with Crippen LogP contribution in [0.2, 0.25) is 0 Å². The van der Waals surface area contributed by atoms with Gasteiger partial charge in [-0.3, -0.25) is 9.59 Å². The van der Waals surface area contributed by atoms with Crippen LogP contribution in [0.25, 0.3) is 0 Å². The van der Waals surface area contributed by atoms with Crippen LogP contribution >= 0.6 is 11.6 Å². The molecule has 0 aromatic heterocycles. The number of carbonyl (C=O) groups is 2. The molecule has 0 bridgehead atoms. The van der Waals surface area contributed by atoms with Crippen LogP contribution < -0.4 is 11.1 Å². The van der Waals surface area contributed by atoms with Gasteiger partial charge >= 0.3 is 0 Å². The lowest BCUT2D eigenvalue weighted by Gasteiger charge is -2.10. The molecule has 0 spiro atoms. The second-order valence-electron chi connectivity index (χ2n) is 2.25. The van der Waals surface area contributed by atoms with E-state index in [0.717, 1.165) is 0 Å². The van der Waals surface area contributed by atoms with E-state index in [9.17, 15) is 9.59 Å². The fourth-order valence-corrected chi connectivity index (χ4v) is 0.462. The van der Waals surface area contributed by atoms with E-state index in [4.69, 9.17) is 17.3 Å². The van der Waals surface area contributed by atoms with Crippen molar-refractivity contribution in [2.45, 2.75) is 25.3 Å². The summed E-state index contributed by atoms with van der Waals surface area (Å²) in [5, 5.41) is 1.69. The highest BCUT2D eigenvalue weighted by atomic mass is 35.5. The fraction of sp³-hybridized carbons (Fsp3) is 0.667. The lowest BCUT2D eigenvalue weighted by atomic mass is 10.3. The maximum Gasteiger partial charge on any atom is 0.239 e. The highest BCUT2D eigenvalue weighted by molar-refractivity contribution is 6.30. The van der Waals surface area contributed by atoms with Gasteiger partial charge in [0.25, 0.3) is 0 Å². The predicted octanol–water partition coefficient (Wildman–Crippen LogP) is -0.396. The van der Waals surface area contributed by atoms with Crippen molar-refractivity contribution in [3.8, 4) is 0 Å². The molecule has 2 atom stereocenters. The molecule has 1 unspecified atom stereocenters. The van der Waals surface area contributed by atoms with Crippen LogP contribution in [0.4, 0.5) is 0 Å². The summed E-state index contributed by atoms with van der Waals surface area (Å²) in [4.78, 5) is 21.2. The van der Waals surface area contributed by atoms with Crippen LogP contribution in [0.3, 0.4) is 0 Å². The maximum absolute atomic E-state index is 10.8. The Kier molecular flexibility index (Phi) is 3.89. The molecule has 0 aromatic carbocycles. The van der Waals surface area contributed by atoms with E-state index in [1.54, 1.807) is 0 Å². The smallest absolute Gasteiger partial charge is 0.239 e. The first-order valence-corrected chi connectivity index (χ1v) is 3.62. The number of nitrogens with one attached hydrogen (secondary N) is 1. The number of carbonyl (C=O) groups excluding carboxylic acids is 2. The van der Waals surface area contributed by atoms with E-state index in [0.29, 0.717) is 0 Å². The first-order chi connectivity index (χ1) is 4.95. The average molecular weight is 179 g/mol. The van der Waals surface area contributed by atoms with Crippen LogP contribution in [0.5, 0.6) is 0 Å². The molecule has 3 N–H and O–H groups in total. The summed E-state index contributed by atoms with van der Waals surface area (Å²) in [6.07, 6.45) is 0. The zero-order valence-electron chi connectivity index (χ0n) is 6.43. The molecule has 0 rings (SSSR count). The largest absolute Gasteiger partial charge is 0.368 e. The summed E-state index contributed by atoms with van der Waals surface area (Å²) in [7, 11) is 0. The maximum atomic E-state index is 10.8. The Morgan fingerprint density at radius 2 is 1.91 bits per heavy atom. The SMILES string of the molecule is CC(Cl)C(=O)N[C@@H](C)C(N)=O. The molecule has 0 saturated heterocycles. The number of hydrogen-bond donors (Lipinski definition) is 2. The Morgan fingerprint density at radius 3 is 2.18 bits per heavy atom. The van der Waals surface area contributed by atoms with Crippen molar-refractivity contribution in [1.82, 2.24) is 5.32 Å². The highest BCUT2D eigenvalue weighted by Gasteiger charge is 2.15. The number of nitrogens with two attached hydrogens (primary N) is 1. The average Bonchev–Trinajstić information content (AvgIpc) is 1.87. The van der Waals surface area contributed by atoms with Crippen molar-refractivity contribution < 1.29 is 9.59 Å². The predicted molar refractivity (Wildman–Crippen MR) is 42.1 cm³/mol. The molecule has 2 amide bonds. The zero-order valence-corrected chi connectivity index (χ0v) is 7.18. The molecule has 0 heterocycles. The van der Waals surface area contributed by atoms with Gasteiger partial charge in [0, 0.05) is 0 Å². The lowest BCUT2D eigenvalue weighted by Crippen LogP contribution is -2.44. The zero-order chi connectivity index (χ0) is 9.02. The van der Waals surface area contributed by atoms with Crippen molar-refractivity contribution in [1.29, 1.82) is 0 Å². The first-order valence-electron chi connectivity index (χ1n) is 3.19. The second-order valence-corrected chi connectivity index (χ2v) is 2.90. The Morgan fingerprint density at radius 1 is 1.45 bits per heavy atom. The first kappa shape index (κ1) is 10.2. The summed E-state index contributed by atoms with van der Waals surface area (Å²) < 4.78 is 0. The molecule has 0 aromatic rings. The molecule has 4 nitrogen and oxygen atoms in total. The van der Waals surface area contributed by atoms with Gasteiger partial charge in [0.2, 0.25) is 11.8 Å². The fourth-order valence-electron chi connectivity index (χ4n) is 0.399. The third-order valence-electron chi connectivity index (χ3n) is 1.15. The molecule has 5 heteroatoms. The number of alkyl halides is 1. The van der Waals surface area contributed by atoms with Gasteiger partial charge < -0.3 is 11.1 Å². The van der Waals surface area contributed by atoms with Crippen molar-refractivity contribution in [3.05, 3.63) is 0 Å². The van der Waals surface area contributed by atoms with Crippen LogP contribution in [0.15, 0.2) is 0 Å². The molecule has 0 aliphatic carbocycles. The molecule has 0 radical (unpaired) electrons. The van der Waals surface area contributed by atoms with Crippen molar-refractivity contribution in [2.75, 3.05) is 0 Å². The molecular formula is C6H11ClN2O2. The quantitative estimate of drug-likeness (QED) is 0.578. The molecule has 11 heavy (non-hydrogen) atoms. The topological polar surface area (TPSA) is 72.2 Å². The monoisotopic (exact) mass is 178 g/mol. The van der Waals surface area contributed by atoms with Crippen molar-refractivity contribution in [2.24, 2.45) is 5.73 Å². The van der Waals surface area contributed by atoms with E-state index >= 15 is 0 Å². The number of primary amides is 1. The molecule has 64 valence electrons. The third kappa shape index (κ3) is 3.83. The van der Waals surface area contributed by atoms with Gasteiger partial charge in [-0.05, 0) is 13.8 Å². The van der Waals surface area contributed by atoms with Crippen LogP contribution in [-0.2, 0) is 9.59 Å². The Bertz CT molecular complexity index is 170. The van der Waals surface area contributed by atoms with Crippen molar-refractivity contribution >= 4 is 23.4 Å². The molecule has 0 saturated carbocycles. The molecular weight excluding hydrogens is 168 g/mol. The van der Waals surface area contributed by atoms with E-state index in [-0.39, 0.29) is 0 Å². The van der Waals surface area contributed by atoms with Gasteiger partial charge in [0.15, 0.2) is 0 Å². The van der Waals surface area contributed by atoms with Crippen LogP contribution in [0, 0.1) is 0 Å². The van der Waals surface area contributed by atoms with Crippen LogP contribution in [-0.4, -0.2) is 23.2 Å². The van der Waals surface area contributed by atoms with Gasteiger partial charge in [-0.15, -0.1) is 11.6 Å². The highest BCUT2D eigenvalue weighted by Crippen LogP contribution is 1.93. The van der Waals surface area contributed by atoms with E-state index in [1.165, 1.54) is 13.8 Å². The van der Waals surface area contributed by atoms with Gasteiger partial charge in [-0.2, -0.15) is 0 Å². The minimum absolute atomic E-state index is 0.391. The number of amides is 2. The normalized spacial score (nSPS) is 15.2. The number of hydrogen-bond acceptors (Lipinski definition) is 2. The summed E-state index contributed by atoms with van der Waals surface area (Å²) in [6, 6.07) is -0.663. The van der Waals surface area contributed by atoms with E-state index in [1.807, 2.05) is 0 Å². The second kappa shape index (κ2) is 4.18. The van der Waals surface area contributed by atoms with E-state index in [2.05, 4.69) is 5.32 Å². The minimum atomic E-state index is -0.663. The van der Waals surface area contributed by atoms with Crippen molar-refractivity contribution in [3.63, 3.8) is 0 Å². The van der Waals surface area contributed by atoms with E-state index < -0.39 is 23.2 Å². The van der Waals surface area contributed by atoms with Crippen LogP contribution in [0.1, 0.15) is 13.8 Å². The number of halogens is 1. The summed E-state index contributed by atoms with van der Waals surface area (Å²) in [5.41, 5.74) is 4.89. The summed E-state index contributed by atoms with van der Waals surface area (Å²) in [5.74, 6) is -0.964. The van der Waals surface area contributed by atoms with Gasteiger partial charge in [0.1, 0.15) is 11.4 Å². The molecule has 0 fully saturated rings. The summed E-state index contributed by atoms with van der Waals surface area (Å²) in [6.45, 7) is 3.02. The van der Waals surface area contributed by atoms with Gasteiger partial charge in [-0.25, -0.2) is 0 Å². The van der Waals surface area contributed by atoms with Gasteiger partial charge in [-0.1, -0.05) is 0 Å². The Hall–Kier alpha value is -0.770. The lowest BCUT2D eigenvalue weighted by molar-refractivity contribution is -0.126. The minimum Gasteiger partial charge on any atom is -0.368 e. The molecule has 0 aliphatic rings. The molecule has 0 aliphatic heterocycles. The summed E-state index contributed by atoms with van der Waals surface area (Å²) >= 11 is 5.41. The Labute approximate surface area is 70.1 Å².